The second kappa shape index (κ2) is 5.00. The molecule has 2 aromatic rings. The zero-order chi connectivity index (χ0) is 14.0. The van der Waals surface area contributed by atoms with Gasteiger partial charge in [-0.15, -0.1) is 0 Å². The van der Waals surface area contributed by atoms with Gasteiger partial charge < -0.3 is 5.32 Å². The van der Waals surface area contributed by atoms with Crippen LogP contribution in [0.5, 0.6) is 0 Å². The summed E-state index contributed by atoms with van der Waals surface area (Å²) in [7, 11) is 0. The predicted molar refractivity (Wildman–Crippen MR) is 61.7 cm³/mol. The molecule has 1 aromatic heterocycles. The lowest BCUT2D eigenvalue weighted by atomic mass is 10.2. The van der Waals surface area contributed by atoms with E-state index in [4.69, 9.17) is 11.6 Å². The van der Waals surface area contributed by atoms with Gasteiger partial charge in [-0.25, -0.2) is 14.4 Å². The number of anilines is 2. The van der Waals surface area contributed by atoms with Crippen LogP contribution in [0.1, 0.15) is 5.56 Å². The summed E-state index contributed by atoms with van der Waals surface area (Å²) >= 11 is 5.68. The summed E-state index contributed by atoms with van der Waals surface area (Å²) in [6, 6.07) is 2.01. The van der Waals surface area contributed by atoms with E-state index in [1.165, 1.54) is 12.4 Å². The molecule has 2 rings (SSSR count). The number of nitrogens with zero attached hydrogens (tertiary/aromatic N) is 2. The minimum Gasteiger partial charge on any atom is -0.335 e. The Morgan fingerprint density at radius 2 is 1.79 bits per heavy atom. The molecule has 1 aromatic carbocycles. The van der Waals surface area contributed by atoms with Crippen LogP contribution in [-0.4, -0.2) is 9.97 Å². The van der Waals surface area contributed by atoms with Gasteiger partial charge in [0.15, 0.2) is 11.0 Å². The van der Waals surface area contributed by atoms with E-state index in [1.807, 2.05) is 0 Å². The van der Waals surface area contributed by atoms with Crippen LogP contribution < -0.4 is 5.32 Å². The molecule has 0 bridgehead atoms. The molecule has 0 saturated carbocycles. The number of benzene rings is 1. The van der Waals surface area contributed by atoms with Crippen LogP contribution in [0.4, 0.5) is 29.1 Å². The van der Waals surface area contributed by atoms with Gasteiger partial charge in [0.05, 0.1) is 11.3 Å². The molecule has 100 valence electrons. The molecule has 0 aliphatic carbocycles. The van der Waals surface area contributed by atoms with Crippen LogP contribution in [0.3, 0.4) is 0 Å². The van der Waals surface area contributed by atoms with E-state index in [9.17, 15) is 17.6 Å². The maximum atomic E-state index is 13.5. The minimum atomic E-state index is -4.56. The van der Waals surface area contributed by atoms with Gasteiger partial charge >= 0.3 is 6.18 Å². The molecular weight excluding hydrogens is 286 g/mol. The van der Waals surface area contributed by atoms with Crippen LogP contribution in [0.2, 0.25) is 5.15 Å². The second-order valence-electron chi connectivity index (χ2n) is 3.51. The lowest BCUT2D eigenvalue weighted by molar-refractivity contribution is -0.137. The van der Waals surface area contributed by atoms with Crippen molar-refractivity contribution in [2.75, 3.05) is 5.32 Å². The fourth-order valence-electron chi connectivity index (χ4n) is 1.33. The van der Waals surface area contributed by atoms with Crippen LogP contribution in [0.15, 0.2) is 30.6 Å². The summed E-state index contributed by atoms with van der Waals surface area (Å²) in [6.07, 6.45) is -1.98. The number of nitrogens with one attached hydrogen (secondary N) is 1. The highest BCUT2D eigenvalue weighted by molar-refractivity contribution is 6.31. The van der Waals surface area contributed by atoms with E-state index in [-0.39, 0.29) is 16.7 Å². The SMILES string of the molecule is Fc1ccc(C(F)(F)F)cc1Nc1nccnc1Cl. The van der Waals surface area contributed by atoms with Crippen molar-refractivity contribution in [2.45, 2.75) is 6.18 Å². The quantitative estimate of drug-likeness (QED) is 0.849. The fraction of sp³-hybridized carbons (Fsp3) is 0.0909. The lowest BCUT2D eigenvalue weighted by Gasteiger charge is -2.11. The molecule has 0 spiro atoms. The van der Waals surface area contributed by atoms with Gasteiger partial charge in [0.2, 0.25) is 0 Å². The zero-order valence-corrected chi connectivity index (χ0v) is 9.93. The van der Waals surface area contributed by atoms with E-state index in [0.717, 1.165) is 6.07 Å². The Kier molecular flexibility index (Phi) is 3.57. The number of halogens is 5. The number of aromatic nitrogens is 2. The average molecular weight is 292 g/mol. The molecule has 0 unspecified atom stereocenters. The maximum Gasteiger partial charge on any atom is 0.416 e. The van der Waals surface area contributed by atoms with Gasteiger partial charge in [-0.1, -0.05) is 11.6 Å². The molecule has 0 radical (unpaired) electrons. The van der Waals surface area contributed by atoms with Crippen molar-refractivity contribution in [3.05, 3.63) is 47.1 Å². The van der Waals surface area contributed by atoms with Crippen molar-refractivity contribution in [1.82, 2.24) is 9.97 Å². The molecule has 1 heterocycles. The summed E-state index contributed by atoms with van der Waals surface area (Å²) in [5.74, 6) is -0.878. The molecule has 3 nitrogen and oxygen atoms in total. The van der Waals surface area contributed by atoms with Crippen molar-refractivity contribution in [3.63, 3.8) is 0 Å². The summed E-state index contributed by atoms with van der Waals surface area (Å²) < 4.78 is 51.0. The Hall–Kier alpha value is -1.89. The van der Waals surface area contributed by atoms with E-state index in [1.54, 1.807) is 0 Å². The molecule has 0 atom stereocenters. The molecular formula is C11H6ClF4N3. The van der Waals surface area contributed by atoms with Gasteiger partial charge in [0.1, 0.15) is 5.82 Å². The first-order valence-electron chi connectivity index (χ1n) is 4.98. The van der Waals surface area contributed by atoms with Crippen LogP contribution in [0, 0.1) is 5.82 Å². The average Bonchev–Trinajstić information content (AvgIpc) is 2.33. The number of hydrogen-bond acceptors (Lipinski definition) is 3. The van der Waals surface area contributed by atoms with Crippen molar-refractivity contribution in [1.29, 1.82) is 0 Å². The molecule has 0 aliphatic heterocycles. The normalized spacial score (nSPS) is 11.4. The van der Waals surface area contributed by atoms with Crippen LogP contribution >= 0.6 is 11.6 Å². The monoisotopic (exact) mass is 291 g/mol. The standard InChI is InChI=1S/C11H6ClF4N3/c12-9-10(18-4-3-17-9)19-8-5-6(11(14,15)16)1-2-7(8)13/h1-5H,(H,18,19). The highest BCUT2D eigenvalue weighted by Crippen LogP contribution is 2.33. The topological polar surface area (TPSA) is 37.8 Å². The highest BCUT2D eigenvalue weighted by Gasteiger charge is 2.31. The van der Waals surface area contributed by atoms with Crippen molar-refractivity contribution in [3.8, 4) is 0 Å². The highest BCUT2D eigenvalue weighted by atomic mass is 35.5. The Morgan fingerprint density at radius 1 is 1.11 bits per heavy atom. The molecule has 8 heteroatoms. The summed E-state index contributed by atoms with van der Waals surface area (Å²) in [6.45, 7) is 0. The third-order valence-corrected chi connectivity index (χ3v) is 2.48. The van der Waals surface area contributed by atoms with Gasteiger partial charge in [-0.2, -0.15) is 13.2 Å². The van der Waals surface area contributed by atoms with Crippen molar-refractivity contribution in [2.24, 2.45) is 0 Å². The van der Waals surface area contributed by atoms with Crippen LogP contribution in [-0.2, 0) is 6.18 Å². The van der Waals surface area contributed by atoms with E-state index in [0.29, 0.717) is 12.1 Å². The molecule has 0 saturated heterocycles. The van der Waals surface area contributed by atoms with Gasteiger partial charge in [0, 0.05) is 12.4 Å². The number of rotatable bonds is 2. The number of alkyl halides is 3. The molecule has 19 heavy (non-hydrogen) atoms. The Balaban J connectivity index is 2.38. The van der Waals surface area contributed by atoms with Gasteiger partial charge in [0.25, 0.3) is 0 Å². The summed E-state index contributed by atoms with van der Waals surface area (Å²) in [5, 5.41) is 2.30. The van der Waals surface area contributed by atoms with Gasteiger partial charge in [-0.05, 0) is 18.2 Å². The van der Waals surface area contributed by atoms with E-state index in [2.05, 4.69) is 15.3 Å². The zero-order valence-electron chi connectivity index (χ0n) is 9.17. The van der Waals surface area contributed by atoms with E-state index < -0.39 is 17.6 Å². The molecule has 0 fully saturated rings. The fourth-order valence-corrected chi connectivity index (χ4v) is 1.48. The Morgan fingerprint density at radius 3 is 2.42 bits per heavy atom. The largest absolute Gasteiger partial charge is 0.416 e. The summed E-state index contributed by atoms with van der Waals surface area (Å²) in [4.78, 5) is 7.42. The van der Waals surface area contributed by atoms with Gasteiger partial charge in [-0.3, -0.25) is 0 Å². The first-order chi connectivity index (χ1) is 8.88. The lowest BCUT2D eigenvalue weighted by Crippen LogP contribution is -2.07. The second-order valence-corrected chi connectivity index (χ2v) is 3.87. The molecule has 0 aliphatic rings. The smallest absolute Gasteiger partial charge is 0.335 e. The Bertz CT molecular complexity index is 601. The van der Waals surface area contributed by atoms with E-state index >= 15 is 0 Å². The third-order valence-electron chi connectivity index (χ3n) is 2.20. The number of hydrogen-bond donors (Lipinski definition) is 1. The molecule has 0 amide bonds. The van der Waals surface area contributed by atoms with Crippen molar-refractivity contribution >= 4 is 23.1 Å². The van der Waals surface area contributed by atoms with Crippen molar-refractivity contribution < 1.29 is 17.6 Å². The summed E-state index contributed by atoms with van der Waals surface area (Å²) in [5.41, 5.74) is -1.35. The van der Waals surface area contributed by atoms with Crippen LogP contribution in [0.25, 0.3) is 0 Å². The minimum absolute atomic E-state index is 0.0256. The predicted octanol–water partition coefficient (Wildman–Crippen LogP) is 4.03. The first-order valence-corrected chi connectivity index (χ1v) is 5.36. The Labute approximate surface area is 110 Å². The third kappa shape index (κ3) is 3.11. The first kappa shape index (κ1) is 13.5. The molecule has 1 N–H and O–H groups in total. The maximum absolute atomic E-state index is 13.5.